The van der Waals surface area contributed by atoms with Crippen LogP contribution >= 0.6 is 22.9 Å². The smallest absolute Gasteiger partial charge is 0.128 e. The van der Waals surface area contributed by atoms with Crippen molar-refractivity contribution in [3.63, 3.8) is 0 Å². The number of halogens is 1. The molecule has 0 aromatic carbocycles. The van der Waals surface area contributed by atoms with Gasteiger partial charge in [0.25, 0.3) is 0 Å². The molecule has 0 atom stereocenters. The van der Waals surface area contributed by atoms with E-state index in [9.17, 15) is 0 Å². The van der Waals surface area contributed by atoms with Gasteiger partial charge in [-0.3, -0.25) is 0 Å². The molecule has 0 bridgehead atoms. The van der Waals surface area contributed by atoms with Crippen LogP contribution in [0.5, 0.6) is 0 Å². The van der Waals surface area contributed by atoms with Crippen LogP contribution in [0.3, 0.4) is 0 Å². The molecule has 0 saturated carbocycles. The molecule has 2 rings (SSSR count). The number of hydrogen-bond acceptors (Lipinski definition) is 4. The first-order valence-electron chi connectivity index (χ1n) is 5.41. The lowest BCUT2D eigenvalue weighted by Crippen LogP contribution is -2.06. The van der Waals surface area contributed by atoms with Crippen LogP contribution in [-0.4, -0.2) is 18.6 Å². The maximum Gasteiger partial charge on any atom is 0.128 e. The van der Waals surface area contributed by atoms with E-state index in [-0.39, 0.29) is 0 Å². The van der Waals surface area contributed by atoms with E-state index in [1.165, 1.54) is 4.88 Å². The van der Waals surface area contributed by atoms with E-state index < -0.39 is 0 Å². The molecule has 0 amide bonds. The zero-order valence-corrected chi connectivity index (χ0v) is 11.1. The van der Waals surface area contributed by atoms with Gasteiger partial charge in [0.2, 0.25) is 0 Å². The van der Waals surface area contributed by atoms with Crippen LogP contribution in [0, 0.1) is 0 Å². The summed E-state index contributed by atoms with van der Waals surface area (Å²) < 4.78 is 0.843. The second-order valence-corrected chi connectivity index (χ2v) is 5.34. The average Bonchev–Trinajstić information content (AvgIpc) is 2.75. The fraction of sp³-hybridized carbons (Fsp3) is 0.250. The van der Waals surface area contributed by atoms with Gasteiger partial charge < -0.3 is 10.6 Å². The predicted octanol–water partition coefficient (Wildman–Crippen LogP) is 3.49. The van der Waals surface area contributed by atoms with Gasteiger partial charge in [-0.1, -0.05) is 17.7 Å². The Morgan fingerprint density at radius 2 is 2.06 bits per heavy atom. The number of pyridine rings is 1. The summed E-state index contributed by atoms with van der Waals surface area (Å²) in [5, 5.41) is 6.30. The molecule has 5 heteroatoms. The van der Waals surface area contributed by atoms with Crippen LogP contribution < -0.4 is 10.6 Å². The third kappa shape index (κ3) is 3.61. The van der Waals surface area contributed by atoms with Gasteiger partial charge in [-0.25, -0.2) is 4.98 Å². The lowest BCUT2D eigenvalue weighted by molar-refractivity contribution is 1.03. The molecule has 0 radical (unpaired) electrons. The summed E-state index contributed by atoms with van der Waals surface area (Å²) in [6, 6.07) is 9.86. The standard InChI is InChI=1S/C12H14ClN3S/c1-14-11-3-2-4-12(16-11)15-8-7-9-5-6-10(13)17-9/h2-6H,7-8H2,1H3,(H2,14,15,16). The van der Waals surface area contributed by atoms with Gasteiger partial charge in [0.15, 0.2) is 0 Å². The summed E-state index contributed by atoms with van der Waals surface area (Å²) in [5.74, 6) is 1.76. The van der Waals surface area contributed by atoms with Crippen LogP contribution in [0.15, 0.2) is 30.3 Å². The van der Waals surface area contributed by atoms with Crippen LogP contribution in [-0.2, 0) is 6.42 Å². The number of hydrogen-bond donors (Lipinski definition) is 2. The van der Waals surface area contributed by atoms with Gasteiger partial charge in [-0.2, -0.15) is 0 Å². The minimum Gasteiger partial charge on any atom is -0.373 e. The van der Waals surface area contributed by atoms with Crippen LogP contribution in [0.25, 0.3) is 0 Å². The second-order valence-electron chi connectivity index (χ2n) is 3.54. The molecule has 90 valence electrons. The van der Waals surface area contributed by atoms with E-state index >= 15 is 0 Å². The van der Waals surface area contributed by atoms with E-state index in [0.29, 0.717) is 0 Å². The first kappa shape index (κ1) is 12.2. The highest BCUT2D eigenvalue weighted by molar-refractivity contribution is 7.16. The molecule has 2 aromatic rings. The molecule has 2 aromatic heterocycles. The number of nitrogens with one attached hydrogen (secondary N) is 2. The molecular formula is C12H14ClN3S. The average molecular weight is 268 g/mol. The van der Waals surface area contributed by atoms with Crippen LogP contribution in [0.4, 0.5) is 11.6 Å². The van der Waals surface area contributed by atoms with E-state index in [2.05, 4.69) is 21.7 Å². The van der Waals surface area contributed by atoms with Gasteiger partial charge in [0.1, 0.15) is 11.6 Å². The molecule has 0 aliphatic heterocycles. The van der Waals surface area contributed by atoms with Crippen LogP contribution in [0.1, 0.15) is 4.88 Å². The van der Waals surface area contributed by atoms with Crippen molar-refractivity contribution in [3.8, 4) is 0 Å². The zero-order valence-electron chi connectivity index (χ0n) is 9.53. The molecular weight excluding hydrogens is 254 g/mol. The minimum atomic E-state index is 0.843. The highest BCUT2D eigenvalue weighted by Crippen LogP contribution is 2.21. The summed E-state index contributed by atoms with van der Waals surface area (Å²) in [5.41, 5.74) is 0. The van der Waals surface area contributed by atoms with E-state index in [1.807, 2.05) is 31.3 Å². The Morgan fingerprint density at radius 3 is 2.76 bits per heavy atom. The molecule has 0 spiro atoms. The molecule has 0 aliphatic carbocycles. The lowest BCUT2D eigenvalue weighted by Gasteiger charge is -2.06. The van der Waals surface area contributed by atoms with Crippen LogP contribution in [0.2, 0.25) is 4.34 Å². The molecule has 0 saturated heterocycles. The van der Waals surface area contributed by atoms with Crippen molar-refractivity contribution in [2.45, 2.75) is 6.42 Å². The molecule has 3 nitrogen and oxygen atoms in total. The molecule has 0 aliphatic rings. The van der Waals surface area contributed by atoms with E-state index in [0.717, 1.165) is 28.9 Å². The van der Waals surface area contributed by atoms with Gasteiger partial charge in [0, 0.05) is 18.5 Å². The highest BCUT2D eigenvalue weighted by atomic mass is 35.5. The maximum atomic E-state index is 5.87. The first-order chi connectivity index (χ1) is 8.28. The molecule has 17 heavy (non-hydrogen) atoms. The first-order valence-corrected chi connectivity index (χ1v) is 6.60. The maximum absolute atomic E-state index is 5.87. The fourth-order valence-electron chi connectivity index (χ4n) is 1.47. The largest absolute Gasteiger partial charge is 0.373 e. The van der Waals surface area contributed by atoms with Gasteiger partial charge in [0.05, 0.1) is 4.34 Å². The van der Waals surface area contributed by atoms with Crippen molar-refractivity contribution in [3.05, 3.63) is 39.5 Å². The van der Waals surface area contributed by atoms with Gasteiger partial charge >= 0.3 is 0 Å². The topological polar surface area (TPSA) is 37.0 Å². The summed E-state index contributed by atoms with van der Waals surface area (Å²) >= 11 is 7.50. The van der Waals surface area contributed by atoms with E-state index in [1.54, 1.807) is 11.3 Å². The Kier molecular flexibility index (Phi) is 4.23. The van der Waals surface area contributed by atoms with Gasteiger partial charge in [-0.05, 0) is 30.7 Å². The number of anilines is 2. The van der Waals surface area contributed by atoms with Crippen molar-refractivity contribution in [1.29, 1.82) is 0 Å². The number of aromatic nitrogens is 1. The summed E-state index contributed by atoms with van der Waals surface area (Å²) in [7, 11) is 1.86. The van der Waals surface area contributed by atoms with E-state index in [4.69, 9.17) is 11.6 Å². The second kappa shape index (κ2) is 5.89. The van der Waals surface area contributed by atoms with Crippen molar-refractivity contribution in [2.75, 3.05) is 24.2 Å². The van der Waals surface area contributed by atoms with Crippen molar-refractivity contribution in [1.82, 2.24) is 4.98 Å². The predicted molar refractivity (Wildman–Crippen MR) is 75.3 cm³/mol. The summed E-state index contributed by atoms with van der Waals surface area (Å²) in [4.78, 5) is 5.67. The third-order valence-corrected chi connectivity index (χ3v) is 3.60. The quantitative estimate of drug-likeness (QED) is 0.871. The molecule has 0 fully saturated rings. The Labute approximate surface area is 110 Å². The third-order valence-electron chi connectivity index (χ3n) is 2.31. The van der Waals surface area contributed by atoms with Crippen molar-refractivity contribution < 1.29 is 0 Å². The Morgan fingerprint density at radius 1 is 1.24 bits per heavy atom. The Hall–Kier alpha value is -1.26. The van der Waals surface area contributed by atoms with Gasteiger partial charge in [-0.15, -0.1) is 11.3 Å². The Bertz CT molecular complexity index is 484. The number of rotatable bonds is 5. The summed E-state index contributed by atoms with van der Waals surface area (Å²) in [6.45, 7) is 0.858. The monoisotopic (exact) mass is 267 g/mol. The van der Waals surface area contributed by atoms with Crippen molar-refractivity contribution >= 4 is 34.6 Å². The highest BCUT2D eigenvalue weighted by Gasteiger charge is 1.99. The van der Waals surface area contributed by atoms with Crippen molar-refractivity contribution in [2.24, 2.45) is 0 Å². The Balaban J connectivity index is 1.85. The molecule has 2 heterocycles. The normalized spacial score (nSPS) is 10.2. The zero-order chi connectivity index (χ0) is 12.1. The SMILES string of the molecule is CNc1cccc(NCCc2ccc(Cl)s2)n1. The fourth-order valence-corrected chi connectivity index (χ4v) is 2.56. The molecule has 2 N–H and O–H groups in total. The number of thiophene rings is 1. The molecule has 0 unspecified atom stereocenters. The number of nitrogens with zero attached hydrogens (tertiary/aromatic N) is 1. The lowest BCUT2D eigenvalue weighted by atomic mass is 10.3. The summed E-state index contributed by atoms with van der Waals surface area (Å²) in [6.07, 6.45) is 0.961. The minimum absolute atomic E-state index is 0.843.